The van der Waals surface area contributed by atoms with Crippen LogP contribution in [0.3, 0.4) is 0 Å². The maximum Gasteiger partial charge on any atom is 0.328 e. The van der Waals surface area contributed by atoms with Crippen LogP contribution in [0.4, 0.5) is 0 Å². The Hall–Kier alpha value is -2.11. The molecule has 26 heavy (non-hydrogen) atoms. The Kier molecular flexibility index (Phi) is 7.00. The molecule has 0 unspecified atom stereocenters. The number of ether oxygens (including phenoxy) is 1. The zero-order valence-corrected chi connectivity index (χ0v) is 16.3. The lowest BCUT2D eigenvalue weighted by molar-refractivity contribution is -0.144. The molecule has 0 fully saturated rings. The van der Waals surface area contributed by atoms with E-state index in [-0.39, 0.29) is 17.0 Å². The maximum atomic E-state index is 13.0. The molecule has 6 heteroatoms. The molecule has 1 aromatic heterocycles. The van der Waals surface area contributed by atoms with Crippen molar-refractivity contribution in [1.29, 1.82) is 0 Å². The van der Waals surface area contributed by atoms with Gasteiger partial charge >= 0.3 is 5.97 Å². The van der Waals surface area contributed by atoms with Gasteiger partial charge in [0.15, 0.2) is 0 Å². The Morgan fingerprint density at radius 3 is 2.58 bits per heavy atom. The first-order valence-electron chi connectivity index (χ1n) is 9.55. The summed E-state index contributed by atoms with van der Waals surface area (Å²) in [6.45, 7) is 6.36. The number of aromatic nitrogens is 1. The summed E-state index contributed by atoms with van der Waals surface area (Å²) in [5, 5.41) is 2.69. The first-order valence-corrected chi connectivity index (χ1v) is 9.55. The van der Waals surface area contributed by atoms with Crippen molar-refractivity contribution in [3.63, 3.8) is 0 Å². The van der Waals surface area contributed by atoms with Crippen LogP contribution in [-0.2, 0) is 28.9 Å². The largest absolute Gasteiger partial charge is 0.467 e. The number of carbonyl (C=O) groups is 2. The normalized spacial score (nSPS) is 14.7. The Bertz CT molecular complexity index is 721. The average Bonchev–Trinajstić information content (AvgIpc) is 2.63. The van der Waals surface area contributed by atoms with E-state index in [0.717, 1.165) is 49.8 Å². The molecule has 0 spiro atoms. The van der Waals surface area contributed by atoms with Crippen LogP contribution in [0.5, 0.6) is 0 Å². The maximum absolute atomic E-state index is 13.0. The monoisotopic (exact) mass is 362 g/mol. The number of pyridine rings is 1. The van der Waals surface area contributed by atoms with E-state index < -0.39 is 17.9 Å². The fourth-order valence-corrected chi connectivity index (χ4v) is 3.44. The number of nitrogens with zero attached hydrogens (tertiary/aromatic N) is 1. The third kappa shape index (κ3) is 4.34. The molecule has 0 radical (unpaired) electrons. The fourth-order valence-electron chi connectivity index (χ4n) is 3.44. The average molecular weight is 362 g/mol. The van der Waals surface area contributed by atoms with Gasteiger partial charge in [-0.3, -0.25) is 9.59 Å². The highest BCUT2D eigenvalue weighted by atomic mass is 16.5. The number of hydrogen-bond donors (Lipinski definition) is 1. The first kappa shape index (κ1) is 20.2. The predicted octanol–water partition coefficient (Wildman–Crippen LogP) is 2.45. The SMILES string of the molecule is CCCCn1c2c(cc(C(=O)N[C@@H](C(=O)OC)C(C)C)c1=O)CCCC2. The van der Waals surface area contributed by atoms with Crippen LogP contribution in [0.15, 0.2) is 10.9 Å². The van der Waals surface area contributed by atoms with E-state index >= 15 is 0 Å². The molecule has 0 aliphatic heterocycles. The van der Waals surface area contributed by atoms with Crippen molar-refractivity contribution in [1.82, 2.24) is 9.88 Å². The Balaban J connectivity index is 2.40. The van der Waals surface area contributed by atoms with Crippen molar-refractivity contribution < 1.29 is 14.3 Å². The lowest BCUT2D eigenvalue weighted by Crippen LogP contribution is -2.47. The first-order chi connectivity index (χ1) is 12.4. The summed E-state index contributed by atoms with van der Waals surface area (Å²) in [7, 11) is 1.29. The van der Waals surface area contributed by atoms with E-state index in [4.69, 9.17) is 4.74 Å². The summed E-state index contributed by atoms with van der Waals surface area (Å²) >= 11 is 0. The van der Waals surface area contributed by atoms with Gasteiger partial charge in [0, 0.05) is 12.2 Å². The summed E-state index contributed by atoms with van der Waals surface area (Å²) in [6.07, 6.45) is 5.78. The highest BCUT2D eigenvalue weighted by Gasteiger charge is 2.28. The number of esters is 1. The highest BCUT2D eigenvalue weighted by molar-refractivity contribution is 5.96. The lowest BCUT2D eigenvalue weighted by Gasteiger charge is -2.23. The number of amides is 1. The molecule has 1 heterocycles. The van der Waals surface area contributed by atoms with Gasteiger partial charge in [0.25, 0.3) is 11.5 Å². The van der Waals surface area contributed by atoms with E-state index in [0.29, 0.717) is 6.54 Å². The van der Waals surface area contributed by atoms with Crippen molar-refractivity contribution in [2.45, 2.75) is 71.9 Å². The molecular formula is C20H30N2O4. The molecule has 0 bridgehead atoms. The van der Waals surface area contributed by atoms with Gasteiger partial charge in [-0.2, -0.15) is 0 Å². The van der Waals surface area contributed by atoms with Crippen LogP contribution in [0.25, 0.3) is 0 Å². The zero-order chi connectivity index (χ0) is 19.3. The van der Waals surface area contributed by atoms with Crippen molar-refractivity contribution >= 4 is 11.9 Å². The lowest BCUT2D eigenvalue weighted by atomic mass is 9.94. The molecule has 0 aromatic carbocycles. The summed E-state index contributed by atoms with van der Waals surface area (Å²) in [6, 6.07) is 0.954. The van der Waals surface area contributed by atoms with Gasteiger partial charge in [-0.15, -0.1) is 0 Å². The van der Waals surface area contributed by atoms with E-state index in [1.54, 1.807) is 10.6 Å². The summed E-state index contributed by atoms with van der Waals surface area (Å²) in [4.78, 5) is 37.7. The number of unbranched alkanes of at least 4 members (excludes halogenated alkanes) is 1. The third-order valence-corrected chi connectivity index (χ3v) is 4.99. The van der Waals surface area contributed by atoms with Crippen molar-refractivity contribution in [2.75, 3.05) is 7.11 Å². The minimum absolute atomic E-state index is 0.122. The quantitative estimate of drug-likeness (QED) is 0.756. The van der Waals surface area contributed by atoms with Gasteiger partial charge in [-0.25, -0.2) is 4.79 Å². The summed E-state index contributed by atoms with van der Waals surface area (Å²) < 4.78 is 6.54. The number of nitrogens with one attached hydrogen (secondary N) is 1. The molecule has 6 nitrogen and oxygen atoms in total. The van der Waals surface area contributed by atoms with Crippen LogP contribution in [0, 0.1) is 5.92 Å². The van der Waals surface area contributed by atoms with Crippen molar-refractivity contribution in [2.24, 2.45) is 5.92 Å². The molecule has 1 N–H and O–H groups in total. The number of hydrogen-bond acceptors (Lipinski definition) is 4. The molecule has 1 atom stereocenters. The van der Waals surface area contributed by atoms with Gasteiger partial charge in [0.2, 0.25) is 0 Å². The second kappa shape index (κ2) is 9.01. The smallest absolute Gasteiger partial charge is 0.328 e. The van der Waals surface area contributed by atoms with Crippen molar-refractivity contribution in [3.05, 3.63) is 33.2 Å². The molecule has 0 saturated carbocycles. The topological polar surface area (TPSA) is 77.4 Å². The van der Waals surface area contributed by atoms with E-state index in [2.05, 4.69) is 12.2 Å². The standard InChI is InChI=1S/C20H30N2O4/c1-5-6-11-22-16-10-8-7-9-14(16)12-15(19(22)24)18(23)21-17(13(2)3)20(25)26-4/h12-13,17H,5-11H2,1-4H3,(H,21,23)/t17-/m1/s1. The molecule has 1 aliphatic rings. The Morgan fingerprint density at radius 1 is 1.27 bits per heavy atom. The van der Waals surface area contributed by atoms with Crippen molar-refractivity contribution in [3.8, 4) is 0 Å². The van der Waals surface area contributed by atoms with E-state index in [1.807, 2.05) is 13.8 Å². The molecule has 144 valence electrons. The third-order valence-electron chi connectivity index (χ3n) is 4.99. The van der Waals surface area contributed by atoms with Gasteiger partial charge in [0.1, 0.15) is 11.6 Å². The summed E-state index contributed by atoms with van der Waals surface area (Å²) in [5.41, 5.74) is 2.01. The fraction of sp³-hybridized carbons (Fsp3) is 0.650. The van der Waals surface area contributed by atoms with Gasteiger partial charge < -0.3 is 14.6 Å². The minimum atomic E-state index is -0.771. The molecule has 1 amide bonds. The number of methoxy groups -OCH3 is 1. The molecule has 1 aromatic rings. The second-order valence-corrected chi connectivity index (χ2v) is 7.27. The van der Waals surface area contributed by atoms with E-state index in [9.17, 15) is 14.4 Å². The minimum Gasteiger partial charge on any atom is -0.467 e. The van der Waals surface area contributed by atoms with Gasteiger partial charge in [-0.05, 0) is 49.7 Å². The second-order valence-electron chi connectivity index (χ2n) is 7.27. The number of aryl methyl sites for hydroxylation is 1. The highest BCUT2D eigenvalue weighted by Crippen LogP contribution is 2.21. The van der Waals surface area contributed by atoms with Crippen LogP contribution in [0.2, 0.25) is 0 Å². The van der Waals surface area contributed by atoms with Crippen LogP contribution in [-0.4, -0.2) is 29.6 Å². The molecular weight excluding hydrogens is 332 g/mol. The van der Waals surface area contributed by atoms with E-state index in [1.165, 1.54) is 7.11 Å². The predicted molar refractivity (Wildman–Crippen MR) is 100 cm³/mol. The Morgan fingerprint density at radius 2 is 1.96 bits per heavy atom. The molecule has 1 aliphatic carbocycles. The molecule has 0 saturated heterocycles. The van der Waals surface area contributed by atoms with Gasteiger partial charge in [0.05, 0.1) is 7.11 Å². The number of fused-ring (bicyclic) bond motifs is 1. The summed E-state index contributed by atoms with van der Waals surface area (Å²) in [5.74, 6) is -1.14. The van der Waals surface area contributed by atoms with Crippen LogP contribution < -0.4 is 10.9 Å². The zero-order valence-electron chi connectivity index (χ0n) is 16.3. The number of carbonyl (C=O) groups excluding carboxylic acids is 2. The molecule has 2 rings (SSSR count). The van der Waals surface area contributed by atoms with Crippen LogP contribution >= 0.6 is 0 Å². The van der Waals surface area contributed by atoms with Crippen LogP contribution in [0.1, 0.15) is 68.1 Å². The Labute approximate surface area is 154 Å². The number of rotatable bonds is 7. The van der Waals surface area contributed by atoms with Gasteiger partial charge in [-0.1, -0.05) is 27.2 Å².